The van der Waals surface area contributed by atoms with Crippen molar-refractivity contribution in [2.75, 3.05) is 25.0 Å². The predicted octanol–water partition coefficient (Wildman–Crippen LogP) is 2.40. The van der Waals surface area contributed by atoms with E-state index in [2.05, 4.69) is 10.6 Å². The van der Waals surface area contributed by atoms with Gasteiger partial charge < -0.3 is 20.0 Å². The fourth-order valence-electron chi connectivity index (χ4n) is 3.77. The molecule has 0 aliphatic carbocycles. The third kappa shape index (κ3) is 5.03. The van der Waals surface area contributed by atoms with E-state index in [0.29, 0.717) is 48.2 Å². The van der Waals surface area contributed by atoms with Gasteiger partial charge in [-0.2, -0.15) is 0 Å². The van der Waals surface area contributed by atoms with Gasteiger partial charge in [0, 0.05) is 35.8 Å². The first-order valence-electron chi connectivity index (χ1n) is 10.5. The van der Waals surface area contributed by atoms with E-state index in [1.165, 1.54) is 6.07 Å². The molecule has 164 valence electrons. The maximum Gasteiger partial charge on any atom is 0.336 e. The molecule has 3 amide bonds. The largest absolute Gasteiger partial charge is 0.423 e. The summed E-state index contributed by atoms with van der Waals surface area (Å²) in [5, 5.41) is 6.23. The molecule has 1 aliphatic rings. The number of rotatable bonds is 5. The summed E-state index contributed by atoms with van der Waals surface area (Å²) in [5.41, 5.74) is 1.10. The summed E-state index contributed by atoms with van der Waals surface area (Å²) in [6.07, 6.45) is 1.38. The number of hydrogen-bond acceptors (Lipinski definition) is 5. The molecule has 2 N–H and O–H groups in total. The summed E-state index contributed by atoms with van der Waals surface area (Å²) in [6, 6.07) is 16.7. The Kier molecular flexibility index (Phi) is 6.30. The van der Waals surface area contributed by atoms with E-state index in [9.17, 15) is 19.2 Å². The van der Waals surface area contributed by atoms with Crippen molar-refractivity contribution in [1.29, 1.82) is 0 Å². The van der Waals surface area contributed by atoms with Gasteiger partial charge in [0.1, 0.15) is 5.58 Å². The first kappa shape index (κ1) is 21.3. The first-order valence-corrected chi connectivity index (χ1v) is 10.5. The Morgan fingerprint density at radius 3 is 2.66 bits per heavy atom. The van der Waals surface area contributed by atoms with Gasteiger partial charge in [0.05, 0.1) is 12.5 Å². The van der Waals surface area contributed by atoms with E-state index in [1.54, 1.807) is 53.4 Å². The molecule has 1 aliphatic heterocycles. The molecule has 0 bridgehead atoms. The third-order valence-electron chi connectivity index (χ3n) is 5.47. The average molecular weight is 433 g/mol. The lowest BCUT2D eigenvalue weighted by atomic mass is 9.97. The number of fused-ring (bicyclic) bond motifs is 1. The van der Waals surface area contributed by atoms with Crippen molar-refractivity contribution in [2.45, 2.75) is 12.8 Å². The van der Waals surface area contributed by atoms with Gasteiger partial charge in [-0.15, -0.1) is 0 Å². The van der Waals surface area contributed by atoms with Crippen LogP contribution in [0, 0.1) is 5.92 Å². The summed E-state index contributed by atoms with van der Waals surface area (Å²) in [4.78, 5) is 50.4. The van der Waals surface area contributed by atoms with E-state index in [4.69, 9.17) is 4.42 Å². The van der Waals surface area contributed by atoms with Crippen LogP contribution in [0.25, 0.3) is 11.0 Å². The van der Waals surface area contributed by atoms with Crippen LogP contribution in [0.15, 0.2) is 69.9 Å². The van der Waals surface area contributed by atoms with Crippen molar-refractivity contribution in [3.63, 3.8) is 0 Å². The minimum absolute atomic E-state index is 0.113. The molecule has 0 saturated carbocycles. The smallest absolute Gasteiger partial charge is 0.336 e. The number of carbonyl (C=O) groups is 3. The molecule has 1 atom stereocenters. The normalized spacial score (nSPS) is 15.9. The molecule has 8 heteroatoms. The van der Waals surface area contributed by atoms with E-state index in [1.807, 2.05) is 6.07 Å². The molecule has 1 fully saturated rings. The molecule has 2 heterocycles. The fraction of sp³-hybridized carbons (Fsp3) is 0.250. The molecule has 4 rings (SSSR count). The van der Waals surface area contributed by atoms with Crippen LogP contribution in [0.1, 0.15) is 23.2 Å². The van der Waals surface area contributed by atoms with Crippen molar-refractivity contribution in [2.24, 2.45) is 5.92 Å². The number of amides is 3. The Bertz CT molecular complexity index is 1200. The standard InChI is InChI=1S/C24H23N3O5/c28-21(14-25-23(30)16-5-2-1-3-6-16)27-12-4-7-18(15-27)24(31)26-19-9-10-20-17(13-19)8-11-22(29)32-20/h1-3,5-6,8-11,13,18H,4,7,12,14-15H2,(H,25,30)(H,26,31)/t18-/m0/s1. The molecule has 2 aromatic carbocycles. The average Bonchev–Trinajstić information content (AvgIpc) is 2.83. The minimum atomic E-state index is -0.429. The van der Waals surface area contributed by atoms with Crippen LogP contribution in [0.3, 0.4) is 0 Å². The molecular formula is C24H23N3O5. The molecule has 0 unspecified atom stereocenters. The number of piperidine rings is 1. The van der Waals surface area contributed by atoms with E-state index >= 15 is 0 Å². The second kappa shape index (κ2) is 9.47. The zero-order valence-corrected chi connectivity index (χ0v) is 17.4. The van der Waals surface area contributed by atoms with Crippen molar-refractivity contribution in [3.05, 3.63) is 76.6 Å². The van der Waals surface area contributed by atoms with Gasteiger partial charge in [-0.05, 0) is 49.2 Å². The Labute approximate surface area is 184 Å². The highest BCUT2D eigenvalue weighted by molar-refractivity contribution is 5.97. The lowest BCUT2D eigenvalue weighted by molar-refractivity contribution is -0.133. The number of carbonyl (C=O) groups excluding carboxylic acids is 3. The van der Waals surface area contributed by atoms with Crippen LogP contribution in [0.5, 0.6) is 0 Å². The Hall–Kier alpha value is -3.94. The third-order valence-corrected chi connectivity index (χ3v) is 5.47. The number of nitrogens with zero attached hydrogens (tertiary/aromatic N) is 1. The number of anilines is 1. The molecule has 1 aromatic heterocycles. The van der Waals surface area contributed by atoms with Gasteiger partial charge in [0.15, 0.2) is 0 Å². The van der Waals surface area contributed by atoms with Crippen LogP contribution >= 0.6 is 0 Å². The fourth-order valence-corrected chi connectivity index (χ4v) is 3.77. The van der Waals surface area contributed by atoms with Crippen LogP contribution in [0.2, 0.25) is 0 Å². The second-order valence-electron chi connectivity index (χ2n) is 7.72. The Balaban J connectivity index is 1.33. The van der Waals surface area contributed by atoms with Crippen LogP contribution < -0.4 is 16.3 Å². The van der Waals surface area contributed by atoms with Crippen molar-refractivity contribution in [1.82, 2.24) is 10.2 Å². The monoisotopic (exact) mass is 433 g/mol. The van der Waals surface area contributed by atoms with Gasteiger partial charge >= 0.3 is 5.63 Å². The molecule has 0 spiro atoms. The van der Waals surface area contributed by atoms with E-state index in [-0.39, 0.29) is 30.2 Å². The summed E-state index contributed by atoms with van der Waals surface area (Å²) < 4.78 is 5.10. The van der Waals surface area contributed by atoms with Crippen molar-refractivity contribution < 1.29 is 18.8 Å². The summed E-state index contributed by atoms with van der Waals surface area (Å²) >= 11 is 0. The quantitative estimate of drug-likeness (QED) is 0.601. The molecule has 3 aromatic rings. The molecule has 8 nitrogen and oxygen atoms in total. The van der Waals surface area contributed by atoms with Gasteiger partial charge in [0.2, 0.25) is 11.8 Å². The lowest BCUT2D eigenvalue weighted by Gasteiger charge is -2.32. The van der Waals surface area contributed by atoms with E-state index in [0.717, 1.165) is 0 Å². The maximum atomic E-state index is 12.8. The zero-order chi connectivity index (χ0) is 22.5. The number of nitrogens with one attached hydrogen (secondary N) is 2. The highest BCUT2D eigenvalue weighted by Gasteiger charge is 2.28. The predicted molar refractivity (Wildman–Crippen MR) is 119 cm³/mol. The summed E-state index contributed by atoms with van der Waals surface area (Å²) in [7, 11) is 0. The molecular weight excluding hydrogens is 410 g/mol. The van der Waals surface area contributed by atoms with Gasteiger partial charge in [0.25, 0.3) is 5.91 Å². The maximum absolute atomic E-state index is 12.8. The summed E-state index contributed by atoms with van der Waals surface area (Å²) in [6.45, 7) is 0.741. The van der Waals surface area contributed by atoms with Crippen molar-refractivity contribution in [3.8, 4) is 0 Å². The highest BCUT2D eigenvalue weighted by atomic mass is 16.4. The van der Waals surface area contributed by atoms with Gasteiger partial charge in [-0.3, -0.25) is 14.4 Å². The van der Waals surface area contributed by atoms with Crippen LogP contribution in [0.4, 0.5) is 5.69 Å². The topological polar surface area (TPSA) is 109 Å². The van der Waals surface area contributed by atoms with E-state index < -0.39 is 5.63 Å². The minimum Gasteiger partial charge on any atom is -0.423 e. The molecule has 1 saturated heterocycles. The molecule has 32 heavy (non-hydrogen) atoms. The zero-order valence-electron chi connectivity index (χ0n) is 17.4. The van der Waals surface area contributed by atoms with Crippen LogP contribution in [-0.4, -0.2) is 42.3 Å². The summed E-state index contributed by atoms with van der Waals surface area (Å²) in [5.74, 6) is -1.04. The highest BCUT2D eigenvalue weighted by Crippen LogP contribution is 2.21. The lowest BCUT2D eigenvalue weighted by Crippen LogP contribution is -2.47. The Morgan fingerprint density at radius 1 is 1.03 bits per heavy atom. The van der Waals surface area contributed by atoms with Crippen LogP contribution in [-0.2, 0) is 9.59 Å². The van der Waals surface area contributed by atoms with Crippen molar-refractivity contribution >= 4 is 34.4 Å². The van der Waals surface area contributed by atoms with Gasteiger partial charge in [-0.1, -0.05) is 18.2 Å². The first-order chi connectivity index (χ1) is 15.5. The second-order valence-corrected chi connectivity index (χ2v) is 7.72. The Morgan fingerprint density at radius 2 is 1.84 bits per heavy atom. The number of likely N-dealkylation sites (tertiary alicyclic amines) is 1. The number of benzene rings is 2. The molecule has 0 radical (unpaired) electrons. The van der Waals surface area contributed by atoms with Gasteiger partial charge in [-0.25, -0.2) is 4.79 Å². The SMILES string of the molecule is O=C(NCC(=O)N1CCC[C@H](C(=O)Nc2ccc3oc(=O)ccc3c2)C1)c1ccccc1. The number of hydrogen-bond donors (Lipinski definition) is 2.